The van der Waals surface area contributed by atoms with Crippen molar-refractivity contribution in [2.75, 3.05) is 23.3 Å². The molecule has 3 amide bonds. The molecule has 0 saturated carbocycles. The highest BCUT2D eigenvalue weighted by atomic mass is 16.3. The number of rotatable bonds is 7. The van der Waals surface area contributed by atoms with Gasteiger partial charge in [0.1, 0.15) is 18.3 Å². The van der Waals surface area contributed by atoms with Gasteiger partial charge in [-0.1, -0.05) is 31.5 Å². The van der Waals surface area contributed by atoms with Crippen molar-refractivity contribution >= 4 is 23.3 Å². The predicted octanol–water partition coefficient (Wildman–Crippen LogP) is 6.46. The number of fused-ring (bicyclic) bond motifs is 3. The van der Waals surface area contributed by atoms with E-state index in [0.717, 1.165) is 46.7 Å². The summed E-state index contributed by atoms with van der Waals surface area (Å²) < 4.78 is 7.90. The molecular weight excluding hydrogens is 464 g/mol. The third-order valence-corrected chi connectivity index (χ3v) is 6.95. The molecule has 4 aromatic rings. The number of nitrogens with one attached hydrogen (secondary N) is 1. The molecule has 2 aromatic carbocycles. The Labute approximate surface area is 217 Å². The van der Waals surface area contributed by atoms with Crippen LogP contribution in [0.25, 0.3) is 5.69 Å². The Kier molecular flexibility index (Phi) is 6.86. The van der Waals surface area contributed by atoms with Gasteiger partial charge in [0, 0.05) is 18.4 Å². The SMILES string of the molecule is CCCCN(CC(=O)N1c2ccccc2-n2cccc2C1c1ccco1)C(=O)Nc1ccc(C)c(C)c1. The van der Waals surface area contributed by atoms with Gasteiger partial charge in [0.2, 0.25) is 5.91 Å². The smallest absolute Gasteiger partial charge is 0.322 e. The summed E-state index contributed by atoms with van der Waals surface area (Å²) in [6.45, 7) is 6.56. The molecule has 7 nitrogen and oxygen atoms in total. The molecule has 1 unspecified atom stereocenters. The van der Waals surface area contributed by atoms with Crippen LogP contribution < -0.4 is 10.2 Å². The van der Waals surface area contributed by atoms with Gasteiger partial charge in [0.25, 0.3) is 0 Å². The first-order chi connectivity index (χ1) is 18.0. The van der Waals surface area contributed by atoms with E-state index in [2.05, 4.69) is 16.8 Å². The van der Waals surface area contributed by atoms with Crippen molar-refractivity contribution in [1.29, 1.82) is 0 Å². The summed E-state index contributed by atoms with van der Waals surface area (Å²) in [6.07, 6.45) is 5.33. The molecule has 5 rings (SSSR count). The zero-order chi connectivity index (χ0) is 25.9. The summed E-state index contributed by atoms with van der Waals surface area (Å²) in [5, 5.41) is 2.99. The second kappa shape index (κ2) is 10.4. The van der Waals surface area contributed by atoms with Gasteiger partial charge in [-0.15, -0.1) is 0 Å². The lowest BCUT2D eigenvalue weighted by molar-refractivity contribution is -0.119. The van der Waals surface area contributed by atoms with Crippen LogP contribution in [-0.4, -0.2) is 34.5 Å². The molecule has 3 heterocycles. The van der Waals surface area contributed by atoms with Crippen molar-refractivity contribution < 1.29 is 14.0 Å². The van der Waals surface area contributed by atoms with Crippen LogP contribution in [0.4, 0.5) is 16.2 Å². The lowest BCUT2D eigenvalue weighted by atomic mass is 10.0. The number of urea groups is 1. The number of aryl methyl sites for hydroxylation is 2. The number of nitrogens with zero attached hydrogens (tertiary/aromatic N) is 3. The molecule has 2 aromatic heterocycles. The van der Waals surface area contributed by atoms with Crippen LogP contribution in [0.3, 0.4) is 0 Å². The maximum absolute atomic E-state index is 14.1. The summed E-state index contributed by atoms with van der Waals surface area (Å²) in [4.78, 5) is 30.8. The highest BCUT2D eigenvalue weighted by Gasteiger charge is 2.38. The number of unbranched alkanes of at least 4 members (excludes halogenated alkanes) is 1. The van der Waals surface area contributed by atoms with E-state index in [1.165, 1.54) is 0 Å². The zero-order valence-electron chi connectivity index (χ0n) is 21.5. The van der Waals surface area contributed by atoms with Crippen molar-refractivity contribution in [3.8, 4) is 5.69 Å². The first kappa shape index (κ1) is 24.4. The summed E-state index contributed by atoms with van der Waals surface area (Å²) in [7, 11) is 0. The molecule has 0 saturated heterocycles. The molecule has 0 spiro atoms. The molecule has 0 aliphatic carbocycles. The van der Waals surface area contributed by atoms with E-state index < -0.39 is 6.04 Å². The van der Waals surface area contributed by atoms with E-state index in [9.17, 15) is 9.59 Å². The predicted molar refractivity (Wildman–Crippen MR) is 145 cm³/mol. The molecule has 0 radical (unpaired) electrons. The van der Waals surface area contributed by atoms with Gasteiger partial charge in [-0.05, 0) is 79.9 Å². The fraction of sp³-hybridized carbons (Fsp3) is 0.267. The lowest BCUT2D eigenvalue weighted by Gasteiger charge is -2.38. The highest BCUT2D eigenvalue weighted by Crippen LogP contribution is 2.42. The maximum Gasteiger partial charge on any atom is 0.322 e. The van der Waals surface area contributed by atoms with Gasteiger partial charge in [0.05, 0.1) is 23.3 Å². The van der Waals surface area contributed by atoms with Crippen LogP contribution >= 0.6 is 0 Å². The Balaban J connectivity index is 1.47. The number of carbonyl (C=O) groups excluding carboxylic acids is 2. The van der Waals surface area contributed by atoms with Crippen molar-refractivity contribution in [3.63, 3.8) is 0 Å². The van der Waals surface area contributed by atoms with Crippen LogP contribution in [-0.2, 0) is 4.79 Å². The van der Waals surface area contributed by atoms with Gasteiger partial charge in [-0.2, -0.15) is 0 Å². The third-order valence-electron chi connectivity index (χ3n) is 6.95. The molecule has 0 fully saturated rings. The number of aromatic nitrogens is 1. The second-order valence-electron chi connectivity index (χ2n) is 9.48. The molecule has 190 valence electrons. The Morgan fingerprint density at radius 1 is 0.973 bits per heavy atom. The van der Waals surface area contributed by atoms with Crippen LogP contribution in [0.5, 0.6) is 0 Å². The number of carbonyl (C=O) groups is 2. The van der Waals surface area contributed by atoms with E-state index >= 15 is 0 Å². The molecule has 1 aliphatic heterocycles. The van der Waals surface area contributed by atoms with Crippen molar-refractivity contribution in [2.24, 2.45) is 0 Å². The normalized spacial score (nSPS) is 14.1. The molecule has 7 heteroatoms. The van der Waals surface area contributed by atoms with Crippen molar-refractivity contribution in [2.45, 2.75) is 39.7 Å². The quantitative estimate of drug-likeness (QED) is 0.319. The van der Waals surface area contributed by atoms with Crippen LogP contribution in [0.2, 0.25) is 0 Å². The van der Waals surface area contributed by atoms with E-state index in [1.807, 2.05) is 86.8 Å². The minimum Gasteiger partial charge on any atom is -0.467 e. The fourth-order valence-electron chi connectivity index (χ4n) is 4.84. The average molecular weight is 497 g/mol. The van der Waals surface area contributed by atoms with Crippen molar-refractivity contribution in [3.05, 3.63) is 102 Å². The van der Waals surface area contributed by atoms with Crippen LogP contribution in [0.1, 0.15) is 48.4 Å². The summed E-state index contributed by atoms with van der Waals surface area (Å²) in [5.74, 6) is 0.495. The number of para-hydroxylation sites is 2. The van der Waals surface area contributed by atoms with Crippen LogP contribution in [0.15, 0.2) is 83.6 Å². The van der Waals surface area contributed by atoms with Gasteiger partial charge >= 0.3 is 6.03 Å². The van der Waals surface area contributed by atoms with Gasteiger partial charge in [-0.25, -0.2) is 4.79 Å². The topological polar surface area (TPSA) is 70.7 Å². The van der Waals surface area contributed by atoms with E-state index in [1.54, 1.807) is 16.1 Å². The monoisotopic (exact) mass is 496 g/mol. The minimum atomic E-state index is -0.441. The average Bonchev–Trinajstić information content (AvgIpc) is 3.60. The standard InChI is InChI=1S/C30H32N4O3/c1-4-5-16-32(30(36)31-23-15-14-21(2)22(3)19-23)20-28(35)34-25-11-7-6-10-24(25)33-17-8-12-26(33)29(34)27-13-9-18-37-27/h6-15,17-19,29H,4-5,16,20H2,1-3H3,(H,31,36). The van der Waals surface area contributed by atoms with Gasteiger partial charge in [0.15, 0.2) is 0 Å². The number of hydrogen-bond donors (Lipinski definition) is 1. The second-order valence-corrected chi connectivity index (χ2v) is 9.48. The largest absolute Gasteiger partial charge is 0.467 e. The number of anilines is 2. The highest BCUT2D eigenvalue weighted by molar-refractivity contribution is 6.01. The fourth-order valence-corrected chi connectivity index (χ4v) is 4.84. The van der Waals surface area contributed by atoms with E-state index in [0.29, 0.717) is 12.3 Å². The zero-order valence-corrected chi connectivity index (χ0v) is 21.5. The summed E-state index contributed by atoms with van der Waals surface area (Å²) in [5.41, 5.74) is 5.61. The van der Waals surface area contributed by atoms with Crippen molar-refractivity contribution in [1.82, 2.24) is 9.47 Å². The Morgan fingerprint density at radius 3 is 2.51 bits per heavy atom. The first-order valence-electron chi connectivity index (χ1n) is 12.7. The third kappa shape index (κ3) is 4.77. The summed E-state index contributed by atoms with van der Waals surface area (Å²) >= 11 is 0. The Bertz CT molecular complexity index is 1410. The Morgan fingerprint density at radius 2 is 1.78 bits per heavy atom. The van der Waals surface area contributed by atoms with E-state index in [4.69, 9.17) is 4.42 Å². The first-order valence-corrected chi connectivity index (χ1v) is 12.7. The molecule has 37 heavy (non-hydrogen) atoms. The lowest BCUT2D eigenvalue weighted by Crippen LogP contribution is -2.47. The van der Waals surface area contributed by atoms with Gasteiger partial charge < -0.3 is 19.2 Å². The Hall–Kier alpha value is -4.26. The number of amides is 3. The number of hydrogen-bond acceptors (Lipinski definition) is 3. The molecule has 1 atom stereocenters. The maximum atomic E-state index is 14.1. The number of benzene rings is 2. The number of furan rings is 1. The molecule has 0 bridgehead atoms. The molecule has 1 N–H and O–H groups in total. The van der Waals surface area contributed by atoms with Crippen LogP contribution in [0, 0.1) is 13.8 Å². The molecule has 1 aliphatic rings. The molecular formula is C30H32N4O3. The summed E-state index contributed by atoms with van der Waals surface area (Å²) in [6, 6.07) is 20.6. The minimum absolute atomic E-state index is 0.0527. The van der Waals surface area contributed by atoms with E-state index in [-0.39, 0.29) is 18.5 Å². The van der Waals surface area contributed by atoms with Gasteiger partial charge in [-0.3, -0.25) is 9.69 Å².